The quantitative estimate of drug-likeness (QED) is 0.697. The molecule has 0 unspecified atom stereocenters. The number of amides is 1. The van der Waals surface area contributed by atoms with E-state index in [1.165, 1.54) is 22.2 Å². The first kappa shape index (κ1) is 18.8. The third-order valence-corrected chi connectivity index (χ3v) is 7.49. The normalized spacial score (nSPS) is 18.4. The summed E-state index contributed by atoms with van der Waals surface area (Å²) in [5.74, 6) is -0.356. The summed E-state index contributed by atoms with van der Waals surface area (Å²) >= 11 is 1.39. The van der Waals surface area contributed by atoms with Crippen molar-refractivity contribution in [2.24, 2.45) is 0 Å². The number of hydrogen-bond donors (Lipinski definition) is 1. The van der Waals surface area contributed by atoms with E-state index < -0.39 is 21.8 Å². The molecule has 1 aromatic carbocycles. The Bertz CT molecular complexity index is 1210. The number of aryl methyl sites for hydroxylation is 1. The Morgan fingerprint density at radius 3 is 2.75 bits per heavy atom. The van der Waals surface area contributed by atoms with Crippen LogP contribution in [0.2, 0.25) is 0 Å². The lowest BCUT2D eigenvalue weighted by molar-refractivity contribution is -0.122. The summed E-state index contributed by atoms with van der Waals surface area (Å²) in [6.07, 6.45) is 1.77. The number of aromatic nitrogens is 2. The van der Waals surface area contributed by atoms with Crippen LogP contribution in [-0.2, 0) is 21.2 Å². The highest BCUT2D eigenvalue weighted by atomic mass is 32.2. The molecule has 1 aliphatic heterocycles. The summed E-state index contributed by atoms with van der Waals surface area (Å²) in [4.78, 5) is 30.2. The van der Waals surface area contributed by atoms with Crippen LogP contribution < -0.4 is 10.9 Å². The highest BCUT2D eigenvalue weighted by Gasteiger charge is 2.29. The van der Waals surface area contributed by atoms with Crippen LogP contribution in [0.4, 0.5) is 0 Å². The fraction of sp³-hybridized carbons (Fsp3) is 0.316. The zero-order chi connectivity index (χ0) is 19.9. The standard InChI is InChI=1S/C19H19N3O4S2/c1-12-2-4-13(5-3-12)15-9-27-18-17(15)19(24)22(11-20-18)8-16(23)21-14-6-7-28(25,26)10-14/h2-5,9,11,14H,6-8,10H2,1H3,(H,21,23)/t14-/m0/s1. The molecule has 0 aliphatic carbocycles. The van der Waals surface area contributed by atoms with Crippen molar-refractivity contribution in [1.29, 1.82) is 0 Å². The molecule has 0 radical (unpaired) electrons. The van der Waals surface area contributed by atoms with Crippen molar-refractivity contribution < 1.29 is 13.2 Å². The average molecular weight is 418 g/mol. The van der Waals surface area contributed by atoms with Gasteiger partial charge in [-0.3, -0.25) is 14.2 Å². The van der Waals surface area contributed by atoms with E-state index in [2.05, 4.69) is 10.3 Å². The maximum absolute atomic E-state index is 13.0. The van der Waals surface area contributed by atoms with E-state index in [-0.39, 0.29) is 23.6 Å². The number of carbonyl (C=O) groups is 1. The minimum absolute atomic E-state index is 0.0486. The molecule has 0 spiro atoms. The molecule has 7 nitrogen and oxygen atoms in total. The Hall–Kier alpha value is -2.52. The summed E-state index contributed by atoms with van der Waals surface area (Å²) in [5.41, 5.74) is 2.57. The van der Waals surface area contributed by atoms with Gasteiger partial charge in [-0.05, 0) is 18.9 Å². The summed E-state index contributed by atoms with van der Waals surface area (Å²) < 4.78 is 24.3. The number of carbonyl (C=O) groups excluding carboxylic acids is 1. The number of nitrogens with zero attached hydrogens (tertiary/aromatic N) is 2. The minimum atomic E-state index is -3.08. The first-order valence-electron chi connectivity index (χ1n) is 8.86. The number of rotatable bonds is 4. The van der Waals surface area contributed by atoms with Gasteiger partial charge in [0, 0.05) is 17.0 Å². The number of nitrogens with one attached hydrogen (secondary N) is 1. The average Bonchev–Trinajstić information content (AvgIpc) is 3.21. The van der Waals surface area contributed by atoms with Gasteiger partial charge < -0.3 is 5.32 Å². The molecule has 0 bridgehead atoms. The molecule has 28 heavy (non-hydrogen) atoms. The Kier molecular flexibility index (Phi) is 4.80. The van der Waals surface area contributed by atoms with E-state index in [0.29, 0.717) is 16.6 Å². The van der Waals surface area contributed by atoms with Gasteiger partial charge in [0.15, 0.2) is 9.84 Å². The largest absolute Gasteiger partial charge is 0.351 e. The lowest BCUT2D eigenvalue weighted by Gasteiger charge is -2.12. The second-order valence-corrected chi connectivity index (χ2v) is 10.1. The van der Waals surface area contributed by atoms with Crippen LogP contribution >= 0.6 is 11.3 Å². The number of hydrogen-bond acceptors (Lipinski definition) is 6. The summed E-state index contributed by atoms with van der Waals surface area (Å²) in [7, 11) is -3.08. The van der Waals surface area contributed by atoms with Crippen molar-refractivity contribution in [2.75, 3.05) is 11.5 Å². The van der Waals surface area contributed by atoms with E-state index >= 15 is 0 Å². The van der Waals surface area contributed by atoms with E-state index in [1.807, 2.05) is 36.6 Å². The fourth-order valence-corrected chi connectivity index (χ4v) is 5.94. The van der Waals surface area contributed by atoms with Crippen LogP contribution in [0.15, 0.2) is 40.8 Å². The van der Waals surface area contributed by atoms with Crippen LogP contribution in [0, 0.1) is 6.92 Å². The van der Waals surface area contributed by atoms with Crippen molar-refractivity contribution >= 4 is 37.3 Å². The third-order valence-electron chi connectivity index (χ3n) is 4.83. The second kappa shape index (κ2) is 7.14. The van der Waals surface area contributed by atoms with Crippen molar-refractivity contribution in [1.82, 2.24) is 14.9 Å². The second-order valence-electron chi connectivity index (χ2n) is 7.04. The van der Waals surface area contributed by atoms with Crippen LogP contribution in [0.5, 0.6) is 0 Å². The van der Waals surface area contributed by atoms with Crippen molar-refractivity contribution in [3.05, 3.63) is 51.9 Å². The molecular weight excluding hydrogens is 398 g/mol. The van der Waals surface area contributed by atoms with Gasteiger partial charge in [0.1, 0.15) is 11.4 Å². The van der Waals surface area contributed by atoms with Crippen LogP contribution in [-0.4, -0.2) is 41.4 Å². The molecule has 1 saturated heterocycles. The van der Waals surface area contributed by atoms with Crippen LogP contribution in [0.3, 0.4) is 0 Å². The van der Waals surface area contributed by atoms with Gasteiger partial charge >= 0.3 is 0 Å². The fourth-order valence-electron chi connectivity index (χ4n) is 3.36. The molecule has 0 saturated carbocycles. The van der Waals surface area contributed by atoms with E-state index in [1.54, 1.807) is 0 Å². The minimum Gasteiger partial charge on any atom is -0.351 e. The van der Waals surface area contributed by atoms with Crippen molar-refractivity contribution in [3.63, 3.8) is 0 Å². The maximum Gasteiger partial charge on any atom is 0.263 e. The van der Waals surface area contributed by atoms with Crippen molar-refractivity contribution in [2.45, 2.75) is 25.9 Å². The number of fused-ring (bicyclic) bond motifs is 1. The van der Waals surface area contributed by atoms with Gasteiger partial charge in [-0.15, -0.1) is 11.3 Å². The highest BCUT2D eigenvalue weighted by molar-refractivity contribution is 7.91. The van der Waals surface area contributed by atoms with Gasteiger partial charge in [-0.1, -0.05) is 29.8 Å². The third kappa shape index (κ3) is 3.72. The van der Waals surface area contributed by atoms with Crippen LogP contribution in [0.1, 0.15) is 12.0 Å². The molecule has 9 heteroatoms. The lowest BCUT2D eigenvalue weighted by Crippen LogP contribution is -2.39. The van der Waals surface area contributed by atoms with Gasteiger partial charge in [-0.25, -0.2) is 13.4 Å². The highest BCUT2D eigenvalue weighted by Crippen LogP contribution is 2.30. The number of sulfone groups is 1. The number of thiophene rings is 1. The molecule has 4 rings (SSSR count). The van der Waals surface area contributed by atoms with Gasteiger partial charge in [0.05, 0.1) is 23.2 Å². The monoisotopic (exact) mass is 417 g/mol. The lowest BCUT2D eigenvalue weighted by atomic mass is 10.1. The molecular formula is C19H19N3O4S2. The van der Waals surface area contributed by atoms with E-state index in [4.69, 9.17) is 0 Å². The molecule has 146 valence electrons. The Labute approximate surface area is 166 Å². The van der Waals surface area contributed by atoms with E-state index in [0.717, 1.165) is 16.7 Å². The van der Waals surface area contributed by atoms with E-state index in [9.17, 15) is 18.0 Å². The summed E-state index contributed by atoms with van der Waals surface area (Å²) in [6, 6.07) is 7.49. The Balaban J connectivity index is 1.61. The molecule has 2 aromatic heterocycles. The predicted octanol–water partition coefficient (Wildman–Crippen LogP) is 1.74. The molecule has 1 fully saturated rings. The number of benzene rings is 1. The zero-order valence-corrected chi connectivity index (χ0v) is 16.8. The molecule has 1 atom stereocenters. The SMILES string of the molecule is Cc1ccc(-c2csc3ncn(CC(=O)N[C@H]4CCS(=O)(=O)C4)c(=O)c23)cc1. The molecule has 1 N–H and O–H groups in total. The van der Waals surface area contributed by atoms with Crippen LogP contribution in [0.25, 0.3) is 21.3 Å². The Morgan fingerprint density at radius 2 is 2.07 bits per heavy atom. The molecule has 3 aromatic rings. The zero-order valence-electron chi connectivity index (χ0n) is 15.2. The topological polar surface area (TPSA) is 98.1 Å². The predicted molar refractivity (Wildman–Crippen MR) is 109 cm³/mol. The smallest absolute Gasteiger partial charge is 0.263 e. The first-order chi connectivity index (χ1) is 13.3. The van der Waals surface area contributed by atoms with Gasteiger partial charge in [0.2, 0.25) is 5.91 Å². The maximum atomic E-state index is 13.0. The molecule has 3 heterocycles. The molecule has 1 amide bonds. The van der Waals surface area contributed by atoms with Gasteiger partial charge in [-0.2, -0.15) is 0 Å². The van der Waals surface area contributed by atoms with Gasteiger partial charge in [0.25, 0.3) is 5.56 Å². The first-order valence-corrected chi connectivity index (χ1v) is 11.6. The molecule has 1 aliphatic rings. The summed E-state index contributed by atoms with van der Waals surface area (Å²) in [6.45, 7) is 1.81. The summed E-state index contributed by atoms with van der Waals surface area (Å²) in [5, 5.41) is 5.10. The Morgan fingerprint density at radius 1 is 1.32 bits per heavy atom. The van der Waals surface area contributed by atoms with Crippen molar-refractivity contribution in [3.8, 4) is 11.1 Å².